The van der Waals surface area contributed by atoms with Crippen molar-refractivity contribution in [3.63, 3.8) is 0 Å². The highest BCUT2D eigenvalue weighted by Crippen LogP contribution is 2.23. The molecule has 0 atom stereocenters. The maximum Gasteiger partial charge on any atom is 0.336 e. The van der Waals surface area contributed by atoms with Crippen LogP contribution < -0.4 is 0 Å². The smallest absolute Gasteiger partial charge is 0.336 e. The van der Waals surface area contributed by atoms with E-state index < -0.39 is 5.97 Å². The normalized spacial score (nSPS) is 10.7. The van der Waals surface area contributed by atoms with Gasteiger partial charge in [0, 0.05) is 16.8 Å². The third-order valence-electron chi connectivity index (χ3n) is 2.95. The maximum absolute atomic E-state index is 11.4. The van der Waals surface area contributed by atoms with Gasteiger partial charge < -0.3 is 5.11 Å². The zero-order chi connectivity index (χ0) is 14.5. The highest BCUT2D eigenvalue weighted by Gasteiger charge is 2.14. The number of hydrogen-bond donors (Lipinski definition) is 1. The van der Waals surface area contributed by atoms with Crippen molar-refractivity contribution in [2.75, 3.05) is 0 Å². The molecule has 0 aliphatic heterocycles. The first-order valence-electron chi connectivity index (χ1n) is 6.23. The Bertz CT molecular complexity index is 673. The largest absolute Gasteiger partial charge is 0.478 e. The van der Waals surface area contributed by atoms with Crippen LogP contribution >= 0.6 is 0 Å². The van der Waals surface area contributed by atoms with Crippen molar-refractivity contribution in [1.29, 1.82) is 0 Å². The second-order valence-electron chi connectivity index (χ2n) is 4.32. The number of aromatic nitrogens is 1. The molecule has 1 N–H and O–H groups in total. The fourth-order valence-corrected chi connectivity index (χ4v) is 1.99. The minimum atomic E-state index is -0.962. The number of carboxylic acids is 1. The molecule has 100 valence electrons. The predicted octanol–water partition coefficient (Wildman–Crippen LogP) is 3.95. The van der Waals surface area contributed by atoms with E-state index in [1.807, 2.05) is 37.3 Å². The van der Waals surface area contributed by atoms with E-state index >= 15 is 0 Å². The van der Waals surface area contributed by atoms with Crippen molar-refractivity contribution in [3.05, 3.63) is 72.0 Å². The van der Waals surface area contributed by atoms with Crippen molar-refractivity contribution in [2.45, 2.75) is 6.92 Å². The topological polar surface area (TPSA) is 50.2 Å². The lowest BCUT2D eigenvalue weighted by Gasteiger charge is -2.09. The molecule has 1 heterocycles. The summed E-state index contributed by atoms with van der Waals surface area (Å²) in [6.45, 7) is 5.40. The van der Waals surface area contributed by atoms with E-state index in [0.29, 0.717) is 17.0 Å². The van der Waals surface area contributed by atoms with Gasteiger partial charge in [0.15, 0.2) is 0 Å². The number of carbonyl (C=O) groups is 1. The summed E-state index contributed by atoms with van der Waals surface area (Å²) in [7, 11) is 0. The Kier molecular flexibility index (Phi) is 4.11. The third-order valence-corrected chi connectivity index (χ3v) is 2.95. The van der Waals surface area contributed by atoms with E-state index in [4.69, 9.17) is 0 Å². The van der Waals surface area contributed by atoms with E-state index in [0.717, 1.165) is 5.56 Å². The Morgan fingerprint density at radius 3 is 2.60 bits per heavy atom. The summed E-state index contributed by atoms with van der Waals surface area (Å²) in [6.07, 6.45) is 5.03. The number of rotatable bonds is 4. The van der Waals surface area contributed by atoms with Gasteiger partial charge in [-0.05, 0) is 13.0 Å². The summed E-state index contributed by atoms with van der Waals surface area (Å²) in [4.78, 5) is 15.9. The predicted molar refractivity (Wildman–Crippen MR) is 80.6 cm³/mol. The Labute approximate surface area is 117 Å². The molecule has 0 radical (unpaired) electrons. The fourth-order valence-electron chi connectivity index (χ4n) is 1.99. The number of benzene rings is 1. The Morgan fingerprint density at radius 1 is 1.30 bits per heavy atom. The molecular weight excluding hydrogens is 250 g/mol. The number of aryl methyl sites for hydroxylation is 1. The SMILES string of the molecule is C=C/C=C\c1c(C(=O)O)cc(-c2ccccc2)nc1C. The van der Waals surface area contributed by atoms with Crippen LogP contribution in [0.25, 0.3) is 17.3 Å². The first-order valence-corrected chi connectivity index (χ1v) is 6.23. The zero-order valence-electron chi connectivity index (χ0n) is 11.2. The Morgan fingerprint density at radius 2 is 2.00 bits per heavy atom. The number of allylic oxidation sites excluding steroid dienone is 2. The number of aromatic carboxylic acids is 1. The summed E-state index contributed by atoms with van der Waals surface area (Å²) in [5.74, 6) is -0.962. The van der Waals surface area contributed by atoms with Crippen LogP contribution in [0.4, 0.5) is 0 Å². The zero-order valence-corrected chi connectivity index (χ0v) is 11.2. The summed E-state index contributed by atoms with van der Waals surface area (Å²) < 4.78 is 0. The molecule has 0 saturated carbocycles. The molecule has 1 aromatic carbocycles. The second-order valence-corrected chi connectivity index (χ2v) is 4.32. The van der Waals surface area contributed by atoms with Crippen molar-refractivity contribution in [1.82, 2.24) is 4.98 Å². The number of pyridine rings is 1. The molecule has 3 nitrogen and oxygen atoms in total. The molecular formula is C17H15NO2. The molecule has 0 aliphatic rings. The van der Waals surface area contributed by atoms with Crippen LogP contribution in [0.1, 0.15) is 21.6 Å². The lowest BCUT2D eigenvalue weighted by atomic mass is 10.0. The monoisotopic (exact) mass is 265 g/mol. The Balaban J connectivity index is 2.62. The van der Waals surface area contributed by atoms with Gasteiger partial charge in [0.05, 0.1) is 11.3 Å². The van der Waals surface area contributed by atoms with Crippen molar-refractivity contribution in [2.24, 2.45) is 0 Å². The average molecular weight is 265 g/mol. The molecule has 0 fully saturated rings. The highest BCUT2D eigenvalue weighted by atomic mass is 16.4. The van der Waals surface area contributed by atoms with E-state index in [9.17, 15) is 9.90 Å². The minimum Gasteiger partial charge on any atom is -0.478 e. The van der Waals surface area contributed by atoms with Gasteiger partial charge in [-0.1, -0.05) is 55.1 Å². The van der Waals surface area contributed by atoms with Gasteiger partial charge >= 0.3 is 5.97 Å². The first-order chi connectivity index (χ1) is 9.63. The van der Waals surface area contributed by atoms with E-state index in [1.54, 1.807) is 24.3 Å². The molecule has 0 bridgehead atoms. The molecule has 1 aromatic heterocycles. The fraction of sp³-hybridized carbons (Fsp3) is 0.0588. The average Bonchev–Trinajstić information content (AvgIpc) is 2.46. The van der Waals surface area contributed by atoms with Gasteiger partial charge in [-0.2, -0.15) is 0 Å². The number of nitrogens with zero attached hydrogens (tertiary/aromatic N) is 1. The van der Waals surface area contributed by atoms with Gasteiger partial charge in [0.2, 0.25) is 0 Å². The van der Waals surface area contributed by atoms with Gasteiger partial charge in [0.1, 0.15) is 0 Å². The maximum atomic E-state index is 11.4. The number of hydrogen-bond acceptors (Lipinski definition) is 2. The molecule has 0 unspecified atom stereocenters. The van der Waals surface area contributed by atoms with Crippen LogP contribution in [-0.4, -0.2) is 16.1 Å². The molecule has 0 aliphatic carbocycles. The molecule has 3 heteroatoms. The van der Waals surface area contributed by atoms with Crippen LogP contribution in [-0.2, 0) is 0 Å². The van der Waals surface area contributed by atoms with Crippen LogP contribution in [0.3, 0.4) is 0 Å². The van der Waals surface area contributed by atoms with Crippen molar-refractivity contribution < 1.29 is 9.90 Å². The quantitative estimate of drug-likeness (QED) is 0.851. The van der Waals surface area contributed by atoms with E-state index in [2.05, 4.69) is 11.6 Å². The summed E-state index contributed by atoms with van der Waals surface area (Å²) in [5.41, 5.74) is 3.10. The summed E-state index contributed by atoms with van der Waals surface area (Å²) >= 11 is 0. The third kappa shape index (κ3) is 2.83. The van der Waals surface area contributed by atoms with E-state index in [1.165, 1.54) is 0 Å². The Hall–Kier alpha value is -2.68. The van der Waals surface area contributed by atoms with Crippen molar-refractivity contribution >= 4 is 12.0 Å². The van der Waals surface area contributed by atoms with Crippen LogP contribution in [0.2, 0.25) is 0 Å². The van der Waals surface area contributed by atoms with Gasteiger partial charge in [-0.15, -0.1) is 0 Å². The van der Waals surface area contributed by atoms with Crippen LogP contribution in [0.15, 0.2) is 55.1 Å². The van der Waals surface area contributed by atoms with Gasteiger partial charge in [-0.3, -0.25) is 4.98 Å². The first kappa shape index (κ1) is 13.7. The lowest BCUT2D eigenvalue weighted by Crippen LogP contribution is -2.04. The second kappa shape index (κ2) is 5.97. The highest BCUT2D eigenvalue weighted by molar-refractivity contribution is 5.94. The van der Waals surface area contributed by atoms with Crippen LogP contribution in [0, 0.1) is 6.92 Å². The summed E-state index contributed by atoms with van der Waals surface area (Å²) in [6, 6.07) is 11.1. The van der Waals surface area contributed by atoms with Gasteiger partial charge in [-0.25, -0.2) is 4.79 Å². The van der Waals surface area contributed by atoms with Crippen molar-refractivity contribution in [3.8, 4) is 11.3 Å². The molecule has 0 spiro atoms. The summed E-state index contributed by atoms with van der Waals surface area (Å²) in [5, 5.41) is 9.37. The minimum absolute atomic E-state index is 0.245. The molecule has 2 aromatic rings. The molecule has 20 heavy (non-hydrogen) atoms. The molecule has 2 rings (SSSR count). The van der Waals surface area contributed by atoms with E-state index in [-0.39, 0.29) is 5.56 Å². The van der Waals surface area contributed by atoms with Gasteiger partial charge in [0.25, 0.3) is 0 Å². The lowest BCUT2D eigenvalue weighted by molar-refractivity contribution is 0.0696. The molecule has 0 amide bonds. The van der Waals surface area contributed by atoms with Crippen LogP contribution in [0.5, 0.6) is 0 Å². The standard InChI is InChI=1S/C17H15NO2/c1-3-4-10-14-12(2)18-16(11-15(14)17(19)20)13-8-6-5-7-9-13/h3-11H,1H2,2H3,(H,19,20)/b10-4-. The number of carboxylic acid groups (broad SMARTS) is 1. The molecule has 0 saturated heterocycles.